The van der Waals surface area contributed by atoms with Crippen molar-refractivity contribution in [2.24, 2.45) is 0 Å². The van der Waals surface area contributed by atoms with Gasteiger partial charge in [-0.1, -0.05) is 24.7 Å². The molecule has 1 N–H and O–H groups in total. The van der Waals surface area contributed by atoms with Gasteiger partial charge in [0.05, 0.1) is 0 Å². The van der Waals surface area contributed by atoms with Crippen LogP contribution in [0.3, 0.4) is 0 Å². The van der Waals surface area contributed by atoms with E-state index >= 15 is 0 Å². The maximum Gasteiger partial charge on any atom is 0.227 e. The fraction of sp³-hybridized carbons (Fsp3) is 0.400. The fourth-order valence-electron chi connectivity index (χ4n) is 1.71. The number of benzene rings is 1. The smallest absolute Gasteiger partial charge is 0.227 e. The number of anilines is 1. The normalized spacial score (nSPS) is 10.6. The maximum absolute atomic E-state index is 12.8. The van der Waals surface area contributed by atoms with Crippen LogP contribution in [0.4, 0.5) is 9.52 Å². The van der Waals surface area contributed by atoms with Crippen molar-refractivity contribution in [2.75, 3.05) is 11.1 Å². The average molecular weight is 339 g/mol. The lowest BCUT2D eigenvalue weighted by Crippen LogP contribution is -2.11. The fourth-order valence-corrected chi connectivity index (χ4v) is 3.36. The number of nitrogens with zero attached hydrogens (tertiary/aromatic N) is 2. The lowest BCUT2D eigenvalue weighted by molar-refractivity contribution is -0.115. The van der Waals surface area contributed by atoms with Crippen LogP contribution in [0, 0.1) is 5.82 Å². The highest BCUT2D eigenvalue weighted by Crippen LogP contribution is 2.20. The van der Waals surface area contributed by atoms with E-state index in [9.17, 15) is 9.18 Å². The van der Waals surface area contributed by atoms with Crippen molar-refractivity contribution in [3.63, 3.8) is 0 Å². The average Bonchev–Trinajstić information content (AvgIpc) is 2.94. The van der Waals surface area contributed by atoms with Crippen molar-refractivity contribution in [2.45, 2.75) is 37.5 Å². The van der Waals surface area contributed by atoms with Crippen LogP contribution in [0.15, 0.2) is 29.2 Å². The summed E-state index contributed by atoms with van der Waals surface area (Å²) in [6, 6.07) is 6.26. The van der Waals surface area contributed by atoms with Crippen LogP contribution in [0.1, 0.15) is 31.2 Å². The molecule has 118 valence electrons. The summed E-state index contributed by atoms with van der Waals surface area (Å²) in [5.41, 5.74) is 0. The van der Waals surface area contributed by atoms with Crippen LogP contribution < -0.4 is 5.32 Å². The standard InChI is InChI=1S/C15H18FN3OS2/c1-2-3-4-14-18-19-15(22-14)17-13(20)9-10-21-12-7-5-11(16)6-8-12/h5-8H,2-4,9-10H2,1H3,(H,17,19,20). The first-order valence-electron chi connectivity index (χ1n) is 7.18. The van der Waals surface area contributed by atoms with Crippen molar-refractivity contribution < 1.29 is 9.18 Å². The first-order valence-corrected chi connectivity index (χ1v) is 8.98. The third kappa shape index (κ3) is 5.73. The van der Waals surface area contributed by atoms with Crippen LogP contribution in [0.5, 0.6) is 0 Å². The molecule has 0 unspecified atom stereocenters. The summed E-state index contributed by atoms with van der Waals surface area (Å²) >= 11 is 2.95. The Kier molecular flexibility index (Phi) is 6.79. The van der Waals surface area contributed by atoms with E-state index in [0.717, 1.165) is 29.2 Å². The molecule has 22 heavy (non-hydrogen) atoms. The number of carbonyl (C=O) groups is 1. The van der Waals surface area contributed by atoms with Gasteiger partial charge in [0.25, 0.3) is 0 Å². The summed E-state index contributed by atoms with van der Waals surface area (Å²) in [6.45, 7) is 2.13. The molecule has 0 atom stereocenters. The molecule has 0 bridgehead atoms. The van der Waals surface area contributed by atoms with Gasteiger partial charge in [-0.25, -0.2) is 4.39 Å². The first kappa shape index (κ1) is 16.9. The lowest BCUT2D eigenvalue weighted by Gasteiger charge is -2.02. The zero-order valence-electron chi connectivity index (χ0n) is 12.3. The van der Waals surface area contributed by atoms with Crippen LogP contribution in [0.25, 0.3) is 0 Å². The molecule has 7 heteroatoms. The van der Waals surface area contributed by atoms with E-state index in [0.29, 0.717) is 17.3 Å². The summed E-state index contributed by atoms with van der Waals surface area (Å²) in [5, 5.41) is 12.3. The van der Waals surface area contributed by atoms with Gasteiger partial charge in [0.2, 0.25) is 11.0 Å². The van der Waals surface area contributed by atoms with Crippen LogP contribution >= 0.6 is 23.1 Å². The molecule has 1 amide bonds. The number of rotatable bonds is 8. The number of halogens is 1. The van der Waals surface area contributed by atoms with E-state index in [1.54, 1.807) is 12.1 Å². The zero-order valence-corrected chi connectivity index (χ0v) is 14.0. The zero-order chi connectivity index (χ0) is 15.8. The van der Waals surface area contributed by atoms with Gasteiger partial charge in [-0.3, -0.25) is 4.79 Å². The predicted octanol–water partition coefficient (Wildman–Crippen LogP) is 4.14. The highest BCUT2D eigenvalue weighted by Gasteiger charge is 2.08. The predicted molar refractivity (Wildman–Crippen MR) is 88.9 cm³/mol. The van der Waals surface area contributed by atoms with E-state index in [-0.39, 0.29) is 11.7 Å². The van der Waals surface area contributed by atoms with Gasteiger partial charge in [-0.05, 0) is 30.7 Å². The highest BCUT2D eigenvalue weighted by atomic mass is 32.2. The van der Waals surface area contributed by atoms with Gasteiger partial charge in [-0.15, -0.1) is 22.0 Å². The second-order valence-corrected chi connectivity index (χ2v) is 6.94. The van der Waals surface area contributed by atoms with Gasteiger partial charge in [0.15, 0.2) is 0 Å². The number of amides is 1. The topological polar surface area (TPSA) is 54.9 Å². The van der Waals surface area contributed by atoms with E-state index in [2.05, 4.69) is 22.4 Å². The number of aromatic nitrogens is 2. The number of thioether (sulfide) groups is 1. The molecule has 4 nitrogen and oxygen atoms in total. The van der Waals surface area contributed by atoms with E-state index in [1.807, 2.05) is 0 Å². The van der Waals surface area contributed by atoms with Gasteiger partial charge >= 0.3 is 0 Å². The Morgan fingerprint density at radius 1 is 1.32 bits per heavy atom. The van der Waals surface area contributed by atoms with Crippen molar-refractivity contribution in [1.82, 2.24) is 10.2 Å². The quantitative estimate of drug-likeness (QED) is 0.734. The lowest BCUT2D eigenvalue weighted by atomic mass is 10.3. The van der Waals surface area contributed by atoms with Gasteiger partial charge in [-0.2, -0.15) is 0 Å². The van der Waals surface area contributed by atoms with E-state index in [4.69, 9.17) is 0 Å². The first-order chi connectivity index (χ1) is 10.7. The Labute approximate surface area is 137 Å². The minimum absolute atomic E-state index is 0.0761. The van der Waals surface area contributed by atoms with Crippen molar-refractivity contribution in [3.8, 4) is 0 Å². The molecule has 1 aromatic carbocycles. The molecule has 0 aliphatic rings. The molecular weight excluding hydrogens is 321 g/mol. The third-order valence-electron chi connectivity index (χ3n) is 2.87. The van der Waals surface area contributed by atoms with E-state index in [1.165, 1.54) is 35.2 Å². The molecule has 0 saturated carbocycles. The Morgan fingerprint density at radius 2 is 2.09 bits per heavy atom. The number of aryl methyl sites for hydroxylation is 1. The molecular formula is C15H18FN3OS2. The minimum atomic E-state index is -0.253. The van der Waals surface area contributed by atoms with Crippen molar-refractivity contribution in [1.29, 1.82) is 0 Å². The van der Waals surface area contributed by atoms with Crippen LogP contribution in [-0.4, -0.2) is 21.9 Å². The SMILES string of the molecule is CCCCc1nnc(NC(=O)CCSc2ccc(F)cc2)s1. The largest absolute Gasteiger partial charge is 0.301 e. The summed E-state index contributed by atoms with van der Waals surface area (Å²) in [5.74, 6) is 0.309. The highest BCUT2D eigenvalue weighted by molar-refractivity contribution is 7.99. The maximum atomic E-state index is 12.8. The molecule has 0 aliphatic carbocycles. The summed E-state index contributed by atoms with van der Waals surface area (Å²) in [4.78, 5) is 12.8. The number of unbranched alkanes of at least 4 members (excludes halogenated alkanes) is 1. The second kappa shape index (κ2) is 8.85. The molecule has 0 radical (unpaired) electrons. The molecule has 0 spiro atoms. The Bertz CT molecular complexity index is 601. The number of hydrogen-bond donors (Lipinski definition) is 1. The summed E-state index contributed by atoms with van der Waals surface area (Å²) in [6.07, 6.45) is 3.48. The Balaban J connectivity index is 1.71. The molecule has 1 aromatic heterocycles. The number of hydrogen-bond acceptors (Lipinski definition) is 5. The third-order valence-corrected chi connectivity index (χ3v) is 4.78. The molecule has 0 fully saturated rings. The summed E-state index contributed by atoms with van der Waals surface area (Å²) in [7, 11) is 0. The van der Waals surface area contributed by atoms with E-state index < -0.39 is 0 Å². The summed E-state index contributed by atoms with van der Waals surface area (Å²) < 4.78 is 12.8. The Hall–Kier alpha value is -1.47. The molecule has 1 heterocycles. The van der Waals surface area contributed by atoms with Crippen LogP contribution in [0.2, 0.25) is 0 Å². The molecule has 0 aliphatic heterocycles. The van der Waals surface area contributed by atoms with Crippen LogP contribution in [-0.2, 0) is 11.2 Å². The van der Waals surface area contributed by atoms with Crippen molar-refractivity contribution >= 4 is 34.1 Å². The van der Waals surface area contributed by atoms with Gasteiger partial charge in [0, 0.05) is 23.5 Å². The number of nitrogens with one attached hydrogen (secondary N) is 1. The van der Waals surface area contributed by atoms with Crippen molar-refractivity contribution in [3.05, 3.63) is 35.1 Å². The number of carbonyl (C=O) groups excluding carboxylic acids is 1. The monoisotopic (exact) mass is 339 g/mol. The van der Waals surface area contributed by atoms with Gasteiger partial charge in [0.1, 0.15) is 10.8 Å². The second-order valence-electron chi connectivity index (χ2n) is 4.71. The molecule has 2 aromatic rings. The molecule has 2 rings (SSSR count). The molecule has 0 saturated heterocycles. The minimum Gasteiger partial charge on any atom is -0.301 e. The Morgan fingerprint density at radius 3 is 2.82 bits per heavy atom. The van der Waals surface area contributed by atoms with Gasteiger partial charge < -0.3 is 5.32 Å².